The van der Waals surface area contributed by atoms with E-state index in [1.807, 2.05) is 6.92 Å². The molecule has 4 aliphatic rings. The first-order chi connectivity index (χ1) is 15.0. The third-order valence-corrected chi connectivity index (χ3v) is 9.39. The quantitative estimate of drug-likeness (QED) is 0.605. The molecule has 5 rings (SSSR count). The van der Waals surface area contributed by atoms with Crippen molar-refractivity contribution in [3.05, 3.63) is 34.4 Å². The van der Waals surface area contributed by atoms with E-state index in [0.29, 0.717) is 47.4 Å². The van der Waals surface area contributed by atoms with Crippen molar-refractivity contribution in [3.63, 3.8) is 0 Å². The molecule has 0 aromatic carbocycles. The lowest BCUT2D eigenvalue weighted by Gasteiger charge is -2.44. The molecule has 4 nitrogen and oxygen atoms in total. The molecule has 0 spiro atoms. The summed E-state index contributed by atoms with van der Waals surface area (Å²) in [6.45, 7) is 4.24. The topological polar surface area (TPSA) is 59.1 Å². The van der Waals surface area contributed by atoms with Gasteiger partial charge in [-0.15, -0.1) is 11.3 Å². The highest BCUT2D eigenvalue weighted by Gasteiger charge is 2.57. The van der Waals surface area contributed by atoms with Crippen LogP contribution in [-0.4, -0.2) is 16.7 Å². The lowest BCUT2D eigenvalue weighted by molar-refractivity contribution is -0.127. The molecule has 0 radical (unpaired) electrons. The van der Waals surface area contributed by atoms with Crippen molar-refractivity contribution < 1.29 is 9.59 Å². The molecule has 4 aliphatic carbocycles. The fourth-order valence-corrected chi connectivity index (χ4v) is 7.93. The second kappa shape index (κ2) is 8.31. The Morgan fingerprint density at radius 1 is 1.29 bits per heavy atom. The lowest BCUT2D eigenvalue weighted by atomic mass is 9.60. The Kier molecular flexibility index (Phi) is 5.66. The summed E-state index contributed by atoms with van der Waals surface area (Å²) in [5.74, 6) is 2.46. The minimum Gasteiger partial charge on any atom is -0.302 e. The third kappa shape index (κ3) is 3.83. The molecule has 0 aliphatic heterocycles. The number of hydrogen-bond donors (Lipinski definition) is 1. The number of fused-ring (bicyclic) bond motifs is 5. The second-order valence-corrected chi connectivity index (χ2v) is 11.6. The van der Waals surface area contributed by atoms with Gasteiger partial charge in [-0.1, -0.05) is 25.5 Å². The number of amides is 1. The number of nitrogens with zero attached hydrogens (tertiary/aromatic N) is 1. The van der Waals surface area contributed by atoms with Gasteiger partial charge in [0.1, 0.15) is 5.78 Å². The van der Waals surface area contributed by atoms with Crippen molar-refractivity contribution in [1.29, 1.82) is 0 Å². The van der Waals surface area contributed by atoms with Gasteiger partial charge in [0.25, 0.3) is 0 Å². The van der Waals surface area contributed by atoms with Crippen molar-refractivity contribution in [3.8, 4) is 0 Å². The normalized spacial score (nSPS) is 34.7. The highest BCUT2D eigenvalue weighted by Crippen LogP contribution is 2.60. The van der Waals surface area contributed by atoms with Gasteiger partial charge in [-0.05, 0) is 86.7 Å². The first-order valence-corrected chi connectivity index (χ1v) is 12.9. The lowest BCUT2D eigenvalue weighted by Crippen LogP contribution is -2.39. The minimum atomic E-state index is -0.191. The number of anilines is 1. The molecule has 31 heavy (non-hydrogen) atoms. The second-order valence-electron chi connectivity index (χ2n) is 10.4. The van der Waals surface area contributed by atoms with Crippen LogP contribution in [0, 0.1) is 36.0 Å². The average Bonchev–Trinajstić information content (AvgIpc) is 3.21. The van der Waals surface area contributed by atoms with E-state index >= 15 is 0 Å². The molecule has 3 unspecified atom stereocenters. The van der Waals surface area contributed by atoms with Crippen LogP contribution in [0.1, 0.15) is 76.0 Å². The zero-order valence-electron chi connectivity index (χ0n) is 18.8. The summed E-state index contributed by atoms with van der Waals surface area (Å²) in [7, 11) is 0. The van der Waals surface area contributed by atoms with Gasteiger partial charge < -0.3 is 5.32 Å². The first kappa shape index (κ1) is 21.1. The van der Waals surface area contributed by atoms with E-state index in [1.54, 1.807) is 17.3 Å². The van der Waals surface area contributed by atoms with Gasteiger partial charge in [0.15, 0.2) is 5.13 Å². The van der Waals surface area contributed by atoms with Gasteiger partial charge in [-0.25, -0.2) is 4.98 Å². The Hall–Kier alpha value is -1.75. The Morgan fingerprint density at radius 2 is 2.13 bits per heavy atom. The Bertz CT molecular complexity index is 945. The molecular weight excluding hydrogens is 404 g/mol. The highest BCUT2D eigenvalue weighted by atomic mass is 32.1. The van der Waals surface area contributed by atoms with Crippen LogP contribution in [0.4, 0.5) is 5.13 Å². The smallest absolute Gasteiger partial charge is 0.226 e. The standard InChI is InChI=1S/C26H34N2O2S/c1-16-15-27-25(31-16)28-23(30)12-10-18-14-22(29)26(2)13-5-8-20-19-7-4-3-6-17(19)9-11-21(20)24(18)26/h6-7,15,18,20-21,24H,3-5,8-14H2,1-2H3,(H,27,28,30)/t18-,20?,21?,24?,26-/m1/s1. The summed E-state index contributed by atoms with van der Waals surface area (Å²) < 4.78 is 0. The van der Waals surface area contributed by atoms with Gasteiger partial charge in [0, 0.05) is 29.3 Å². The summed E-state index contributed by atoms with van der Waals surface area (Å²) in [5, 5.41) is 3.63. The van der Waals surface area contributed by atoms with Gasteiger partial charge in [-0.3, -0.25) is 9.59 Å². The Labute approximate surface area is 189 Å². The van der Waals surface area contributed by atoms with Crippen LogP contribution in [0.5, 0.6) is 0 Å². The largest absolute Gasteiger partial charge is 0.302 e. The number of aryl methyl sites for hydroxylation is 1. The number of aromatic nitrogens is 1. The van der Waals surface area contributed by atoms with Crippen molar-refractivity contribution in [1.82, 2.24) is 4.98 Å². The number of rotatable bonds is 4. The van der Waals surface area contributed by atoms with Gasteiger partial charge >= 0.3 is 0 Å². The Morgan fingerprint density at radius 3 is 2.94 bits per heavy atom. The van der Waals surface area contributed by atoms with Crippen LogP contribution in [0.25, 0.3) is 0 Å². The highest BCUT2D eigenvalue weighted by molar-refractivity contribution is 7.15. The molecule has 1 N–H and O–H groups in total. The van der Waals surface area contributed by atoms with Crippen molar-refractivity contribution in [2.75, 3.05) is 5.32 Å². The third-order valence-electron chi connectivity index (χ3n) is 8.57. The summed E-state index contributed by atoms with van der Waals surface area (Å²) in [5.41, 5.74) is 3.01. The van der Waals surface area contributed by atoms with Crippen molar-refractivity contribution in [2.45, 2.75) is 78.1 Å². The van der Waals surface area contributed by atoms with Gasteiger partial charge in [0.05, 0.1) is 0 Å². The van der Waals surface area contributed by atoms with E-state index in [1.165, 1.54) is 43.4 Å². The molecule has 5 heteroatoms. The molecule has 1 aromatic heterocycles. The van der Waals surface area contributed by atoms with Gasteiger partial charge in [-0.2, -0.15) is 0 Å². The maximum Gasteiger partial charge on any atom is 0.226 e. The average molecular weight is 439 g/mol. The maximum absolute atomic E-state index is 13.3. The van der Waals surface area contributed by atoms with E-state index in [-0.39, 0.29) is 11.3 Å². The van der Waals surface area contributed by atoms with E-state index in [0.717, 1.165) is 24.1 Å². The van der Waals surface area contributed by atoms with Crippen molar-refractivity contribution >= 4 is 28.2 Å². The van der Waals surface area contributed by atoms with Crippen molar-refractivity contribution in [2.24, 2.45) is 29.1 Å². The summed E-state index contributed by atoms with van der Waals surface area (Å²) in [6.07, 6.45) is 16.9. The molecule has 166 valence electrons. The Balaban J connectivity index is 1.34. The van der Waals surface area contributed by atoms with Crippen LogP contribution < -0.4 is 5.32 Å². The maximum atomic E-state index is 13.3. The molecule has 1 aromatic rings. The molecule has 0 bridgehead atoms. The predicted molar refractivity (Wildman–Crippen MR) is 125 cm³/mol. The zero-order chi connectivity index (χ0) is 21.6. The van der Waals surface area contributed by atoms with Crippen LogP contribution >= 0.6 is 11.3 Å². The van der Waals surface area contributed by atoms with E-state index < -0.39 is 0 Å². The fraction of sp³-hybridized carbons (Fsp3) is 0.654. The number of carbonyl (C=O) groups excluding carboxylic acids is 2. The number of thiazole rings is 1. The van der Waals surface area contributed by atoms with Crippen LogP contribution in [-0.2, 0) is 9.59 Å². The molecule has 1 heterocycles. The van der Waals surface area contributed by atoms with E-state index in [4.69, 9.17) is 0 Å². The van der Waals surface area contributed by atoms with Crippen LogP contribution in [0.3, 0.4) is 0 Å². The van der Waals surface area contributed by atoms with Gasteiger partial charge in [0.2, 0.25) is 5.91 Å². The van der Waals surface area contributed by atoms with Crippen LogP contribution in [0.2, 0.25) is 0 Å². The summed E-state index contributed by atoms with van der Waals surface area (Å²) in [4.78, 5) is 31.2. The summed E-state index contributed by atoms with van der Waals surface area (Å²) >= 11 is 1.51. The number of hydrogen-bond acceptors (Lipinski definition) is 4. The molecule has 3 fully saturated rings. The molecular formula is C26H34N2O2S. The number of carbonyl (C=O) groups is 2. The fourth-order valence-electron chi connectivity index (χ4n) is 7.25. The first-order valence-electron chi connectivity index (χ1n) is 12.1. The SMILES string of the molecule is Cc1cnc(NC(=O)CC[C@@H]2CC(=O)[C@@]3(C)CCCC4C5=CCCC=C5CCC4C23)s1. The molecule has 1 amide bonds. The number of nitrogens with one attached hydrogen (secondary N) is 1. The molecule has 0 saturated heterocycles. The van der Waals surface area contributed by atoms with E-state index in [9.17, 15) is 9.59 Å². The molecule has 3 saturated carbocycles. The minimum absolute atomic E-state index is 0.0319. The zero-order valence-corrected chi connectivity index (χ0v) is 19.6. The predicted octanol–water partition coefficient (Wildman–Crippen LogP) is 6.24. The number of allylic oxidation sites excluding steroid dienone is 4. The monoisotopic (exact) mass is 438 g/mol. The molecule has 5 atom stereocenters. The number of Topliss-reactive ketones (excluding diaryl/α,β-unsaturated/α-hetero) is 1. The number of ketones is 1. The van der Waals surface area contributed by atoms with Crippen LogP contribution in [0.15, 0.2) is 29.5 Å². The summed E-state index contributed by atoms with van der Waals surface area (Å²) in [6, 6.07) is 0. The van der Waals surface area contributed by atoms with E-state index in [2.05, 4.69) is 29.4 Å².